The number of rotatable bonds is 4. The summed E-state index contributed by atoms with van der Waals surface area (Å²) < 4.78 is 43.4. The van der Waals surface area contributed by atoms with E-state index in [4.69, 9.17) is 4.74 Å². The number of hydrogen-bond acceptors (Lipinski definition) is 3. The lowest BCUT2D eigenvalue weighted by Gasteiger charge is -2.16. The first-order valence-corrected chi connectivity index (χ1v) is 6.80. The third kappa shape index (κ3) is 3.13. The molecule has 0 aliphatic heterocycles. The fraction of sp³-hybridized carbons (Fsp3) is 0.286. The molecule has 0 amide bonds. The molecule has 2 nitrogen and oxygen atoms in total. The van der Waals surface area contributed by atoms with Gasteiger partial charge in [0.2, 0.25) is 0 Å². The van der Waals surface area contributed by atoms with Gasteiger partial charge in [0.25, 0.3) is 0 Å². The Hall–Kier alpha value is -1.53. The number of hydrogen-bond donors (Lipinski definition) is 1. The highest BCUT2D eigenvalue weighted by Gasteiger charge is 2.31. The minimum atomic E-state index is -4.33. The van der Waals surface area contributed by atoms with Gasteiger partial charge in [-0.1, -0.05) is 12.1 Å². The van der Waals surface area contributed by atoms with Crippen molar-refractivity contribution in [2.45, 2.75) is 12.2 Å². The summed E-state index contributed by atoms with van der Waals surface area (Å²) in [6.45, 7) is 0. The zero-order valence-corrected chi connectivity index (χ0v) is 11.8. The van der Waals surface area contributed by atoms with Gasteiger partial charge in [-0.15, -0.1) is 11.3 Å². The van der Waals surface area contributed by atoms with E-state index in [9.17, 15) is 13.2 Å². The summed E-state index contributed by atoms with van der Waals surface area (Å²) in [5.41, 5.74) is -0.0643. The Balaban J connectivity index is 2.37. The molecule has 0 saturated carbocycles. The summed E-state index contributed by atoms with van der Waals surface area (Å²) in [6, 6.07) is 6.90. The van der Waals surface area contributed by atoms with Gasteiger partial charge in [-0.2, -0.15) is 13.2 Å². The molecule has 108 valence electrons. The lowest BCUT2D eigenvalue weighted by molar-refractivity contribution is -0.137. The fourth-order valence-electron chi connectivity index (χ4n) is 1.96. The molecule has 1 heterocycles. The van der Waals surface area contributed by atoms with Crippen molar-refractivity contribution in [3.8, 4) is 5.75 Å². The van der Waals surface area contributed by atoms with Crippen LogP contribution in [0.2, 0.25) is 0 Å². The molecule has 0 aliphatic rings. The van der Waals surface area contributed by atoms with Gasteiger partial charge in [-0.3, -0.25) is 0 Å². The lowest BCUT2D eigenvalue weighted by Crippen LogP contribution is -2.17. The topological polar surface area (TPSA) is 21.3 Å². The van der Waals surface area contributed by atoms with Crippen LogP contribution in [0.15, 0.2) is 35.7 Å². The summed E-state index contributed by atoms with van der Waals surface area (Å²) in [5, 5.41) is 4.86. The Bertz CT molecular complexity index is 580. The van der Waals surface area contributed by atoms with Crippen LogP contribution in [0.1, 0.15) is 22.0 Å². The molecule has 0 bridgehead atoms. The molecule has 1 aromatic carbocycles. The van der Waals surface area contributed by atoms with Gasteiger partial charge in [0.05, 0.1) is 18.7 Å². The molecule has 0 radical (unpaired) electrons. The molecule has 1 atom stereocenters. The van der Waals surface area contributed by atoms with Crippen molar-refractivity contribution in [3.05, 3.63) is 51.7 Å². The number of ether oxygens (including phenoxy) is 1. The Morgan fingerprint density at radius 2 is 2.00 bits per heavy atom. The highest BCUT2D eigenvalue weighted by Crippen LogP contribution is 2.34. The molecule has 0 aliphatic carbocycles. The van der Waals surface area contributed by atoms with Crippen molar-refractivity contribution in [2.24, 2.45) is 0 Å². The molecule has 6 heteroatoms. The summed E-state index contributed by atoms with van der Waals surface area (Å²) in [5.74, 6) is 0.706. The predicted octanol–water partition coefficient (Wildman–Crippen LogP) is 4.08. The van der Waals surface area contributed by atoms with Crippen LogP contribution in [0.25, 0.3) is 0 Å². The molecule has 1 unspecified atom stereocenters. The Morgan fingerprint density at radius 1 is 1.25 bits per heavy atom. The molecular weight excluding hydrogens is 287 g/mol. The second kappa shape index (κ2) is 5.85. The molecule has 2 rings (SSSR count). The number of nitrogens with one attached hydrogen (secondary N) is 1. The maximum atomic E-state index is 12.8. The average molecular weight is 301 g/mol. The van der Waals surface area contributed by atoms with E-state index < -0.39 is 11.7 Å². The standard InChI is InChI=1S/C14H14F3NOS/c1-18-13(12-7-11(19-2)8-20-12)9-4-3-5-10(6-9)14(15,16)17/h3-8,13,18H,1-2H3. The molecule has 0 saturated heterocycles. The quantitative estimate of drug-likeness (QED) is 0.918. The van der Waals surface area contributed by atoms with Crippen LogP contribution in [-0.2, 0) is 6.18 Å². The second-order valence-corrected chi connectivity index (χ2v) is 5.18. The van der Waals surface area contributed by atoms with Gasteiger partial charge in [0, 0.05) is 10.3 Å². The zero-order valence-electron chi connectivity index (χ0n) is 11.0. The monoisotopic (exact) mass is 301 g/mol. The largest absolute Gasteiger partial charge is 0.496 e. The summed E-state index contributed by atoms with van der Waals surface area (Å²) in [7, 11) is 3.28. The van der Waals surface area contributed by atoms with Crippen LogP contribution in [0.5, 0.6) is 5.75 Å². The highest BCUT2D eigenvalue weighted by atomic mass is 32.1. The van der Waals surface area contributed by atoms with Gasteiger partial charge in [0.1, 0.15) is 5.75 Å². The maximum absolute atomic E-state index is 12.8. The maximum Gasteiger partial charge on any atom is 0.416 e. The minimum Gasteiger partial charge on any atom is -0.496 e. The van der Waals surface area contributed by atoms with Crippen molar-refractivity contribution in [1.82, 2.24) is 5.32 Å². The van der Waals surface area contributed by atoms with Gasteiger partial charge >= 0.3 is 6.18 Å². The first-order chi connectivity index (χ1) is 9.45. The number of thiophene rings is 1. The van der Waals surface area contributed by atoms with Crippen LogP contribution in [0.3, 0.4) is 0 Å². The molecule has 1 aromatic heterocycles. The molecule has 1 N–H and O–H groups in total. The molecule has 0 fully saturated rings. The zero-order chi connectivity index (χ0) is 14.8. The molecular formula is C14H14F3NOS. The fourth-order valence-corrected chi connectivity index (χ4v) is 2.95. The normalized spacial score (nSPS) is 13.2. The van der Waals surface area contributed by atoms with Crippen LogP contribution < -0.4 is 10.1 Å². The van der Waals surface area contributed by atoms with E-state index in [2.05, 4.69) is 5.32 Å². The van der Waals surface area contributed by atoms with Crippen LogP contribution >= 0.6 is 11.3 Å². The molecule has 20 heavy (non-hydrogen) atoms. The number of methoxy groups -OCH3 is 1. The van der Waals surface area contributed by atoms with E-state index in [1.165, 1.54) is 23.5 Å². The van der Waals surface area contributed by atoms with E-state index in [1.807, 2.05) is 11.4 Å². The van der Waals surface area contributed by atoms with Crippen LogP contribution in [-0.4, -0.2) is 14.2 Å². The van der Waals surface area contributed by atoms with Crippen molar-refractivity contribution in [2.75, 3.05) is 14.2 Å². The van der Waals surface area contributed by atoms with Crippen LogP contribution in [0.4, 0.5) is 13.2 Å². The van der Waals surface area contributed by atoms with Crippen molar-refractivity contribution >= 4 is 11.3 Å². The van der Waals surface area contributed by atoms with Gasteiger partial charge < -0.3 is 10.1 Å². The highest BCUT2D eigenvalue weighted by molar-refractivity contribution is 7.10. The van der Waals surface area contributed by atoms with Gasteiger partial charge in [-0.05, 0) is 30.8 Å². The molecule has 2 aromatic rings. The number of benzene rings is 1. The second-order valence-electron chi connectivity index (χ2n) is 4.23. The van der Waals surface area contributed by atoms with E-state index >= 15 is 0 Å². The summed E-state index contributed by atoms with van der Waals surface area (Å²) in [6.07, 6.45) is -4.33. The first-order valence-electron chi connectivity index (χ1n) is 5.92. The smallest absolute Gasteiger partial charge is 0.416 e. The SMILES string of the molecule is CNC(c1cccc(C(F)(F)F)c1)c1cc(OC)cs1. The third-order valence-electron chi connectivity index (χ3n) is 2.95. The summed E-state index contributed by atoms with van der Waals surface area (Å²) in [4.78, 5) is 0.906. The van der Waals surface area contributed by atoms with Gasteiger partial charge in [-0.25, -0.2) is 0 Å². The minimum absolute atomic E-state index is 0.286. The molecule has 0 spiro atoms. The number of alkyl halides is 3. The predicted molar refractivity (Wildman–Crippen MR) is 73.2 cm³/mol. The van der Waals surface area contributed by atoms with Crippen molar-refractivity contribution in [1.29, 1.82) is 0 Å². The third-order valence-corrected chi connectivity index (χ3v) is 3.93. The Kier molecular flexibility index (Phi) is 4.35. The van der Waals surface area contributed by atoms with E-state index in [0.717, 1.165) is 10.9 Å². The van der Waals surface area contributed by atoms with Crippen molar-refractivity contribution < 1.29 is 17.9 Å². The van der Waals surface area contributed by atoms with Gasteiger partial charge in [0.15, 0.2) is 0 Å². The average Bonchev–Trinajstić information content (AvgIpc) is 2.88. The van der Waals surface area contributed by atoms with E-state index in [1.54, 1.807) is 20.2 Å². The number of halogens is 3. The summed E-state index contributed by atoms with van der Waals surface area (Å²) >= 11 is 1.45. The lowest BCUT2D eigenvalue weighted by atomic mass is 10.0. The van der Waals surface area contributed by atoms with Crippen LogP contribution in [0, 0.1) is 0 Å². The van der Waals surface area contributed by atoms with E-state index in [-0.39, 0.29) is 6.04 Å². The van der Waals surface area contributed by atoms with E-state index in [0.29, 0.717) is 11.3 Å². The van der Waals surface area contributed by atoms with Crippen molar-refractivity contribution in [3.63, 3.8) is 0 Å². The Labute approximate surface area is 119 Å². The first kappa shape index (κ1) is 14.9. The Morgan fingerprint density at radius 3 is 2.55 bits per heavy atom.